The standard InChI is InChI=1S/C20H22BrN5OS2/c1-14-3-2-4-15(11-14)19-22-23-20(28)26(19)13-18(27)25-9-7-24(8-10-25)12-16-5-6-17(21)29-16/h2-6,11H,7-10,12-13H2,1H3,(H,23,28). The van der Waals surface area contributed by atoms with E-state index in [0.29, 0.717) is 10.6 Å². The fraction of sp³-hybridized carbons (Fsp3) is 0.350. The van der Waals surface area contributed by atoms with Gasteiger partial charge < -0.3 is 4.90 Å². The first-order valence-electron chi connectivity index (χ1n) is 9.46. The molecule has 1 amide bonds. The lowest BCUT2D eigenvalue weighted by molar-refractivity contribution is -0.133. The summed E-state index contributed by atoms with van der Waals surface area (Å²) in [5.74, 6) is 0.781. The average molecular weight is 492 g/mol. The van der Waals surface area contributed by atoms with E-state index in [1.54, 1.807) is 15.9 Å². The Kier molecular flexibility index (Phi) is 6.29. The van der Waals surface area contributed by atoms with Crippen molar-refractivity contribution >= 4 is 45.4 Å². The normalized spacial score (nSPS) is 15.0. The van der Waals surface area contributed by atoms with Gasteiger partial charge in [0.05, 0.1) is 3.79 Å². The Morgan fingerprint density at radius 3 is 2.72 bits per heavy atom. The maximum absolute atomic E-state index is 12.9. The number of benzene rings is 1. The number of amides is 1. The van der Waals surface area contributed by atoms with Crippen LogP contribution in [0.25, 0.3) is 11.4 Å². The van der Waals surface area contributed by atoms with Gasteiger partial charge in [0.2, 0.25) is 5.91 Å². The molecular formula is C20H22BrN5OS2. The monoisotopic (exact) mass is 491 g/mol. The van der Waals surface area contributed by atoms with Crippen molar-refractivity contribution < 1.29 is 4.79 Å². The minimum absolute atomic E-state index is 0.0786. The van der Waals surface area contributed by atoms with E-state index in [0.717, 1.165) is 47.6 Å². The van der Waals surface area contributed by atoms with Gasteiger partial charge in [-0.2, -0.15) is 5.10 Å². The quantitative estimate of drug-likeness (QED) is 0.546. The maximum Gasteiger partial charge on any atom is 0.242 e. The lowest BCUT2D eigenvalue weighted by Gasteiger charge is -2.34. The van der Waals surface area contributed by atoms with Gasteiger partial charge in [0.15, 0.2) is 10.6 Å². The van der Waals surface area contributed by atoms with Crippen molar-refractivity contribution in [2.24, 2.45) is 0 Å². The van der Waals surface area contributed by atoms with Crippen LogP contribution in [0.4, 0.5) is 0 Å². The summed E-state index contributed by atoms with van der Waals surface area (Å²) >= 11 is 10.7. The molecule has 2 aromatic heterocycles. The minimum atomic E-state index is 0.0786. The molecular weight excluding hydrogens is 470 g/mol. The fourth-order valence-corrected chi connectivity index (χ4v) is 5.24. The largest absolute Gasteiger partial charge is 0.339 e. The lowest BCUT2D eigenvalue weighted by atomic mass is 10.1. The number of piperazine rings is 1. The number of nitrogens with zero attached hydrogens (tertiary/aromatic N) is 4. The second-order valence-electron chi connectivity index (χ2n) is 7.17. The number of carbonyl (C=O) groups excluding carboxylic acids is 1. The van der Waals surface area contributed by atoms with E-state index in [1.165, 1.54) is 4.88 Å². The molecule has 0 bridgehead atoms. The number of aromatic amines is 1. The Hall–Kier alpha value is -1.81. The predicted octanol–water partition coefficient (Wildman–Crippen LogP) is 4.08. The van der Waals surface area contributed by atoms with Crippen LogP contribution in [0.2, 0.25) is 0 Å². The molecule has 6 nitrogen and oxygen atoms in total. The van der Waals surface area contributed by atoms with Crippen LogP contribution in [0.1, 0.15) is 10.4 Å². The van der Waals surface area contributed by atoms with Gasteiger partial charge in [0, 0.05) is 43.2 Å². The number of rotatable bonds is 5. The van der Waals surface area contributed by atoms with Crippen molar-refractivity contribution in [2.45, 2.75) is 20.0 Å². The van der Waals surface area contributed by atoms with E-state index in [2.05, 4.69) is 43.2 Å². The average Bonchev–Trinajstić information content (AvgIpc) is 3.28. The van der Waals surface area contributed by atoms with Gasteiger partial charge in [-0.05, 0) is 53.3 Å². The number of halogens is 1. The summed E-state index contributed by atoms with van der Waals surface area (Å²) in [5, 5.41) is 7.18. The molecule has 3 aromatic rings. The smallest absolute Gasteiger partial charge is 0.242 e. The van der Waals surface area contributed by atoms with Crippen molar-refractivity contribution in [3.63, 3.8) is 0 Å². The molecule has 29 heavy (non-hydrogen) atoms. The molecule has 1 aliphatic heterocycles. The Balaban J connectivity index is 1.39. The van der Waals surface area contributed by atoms with Crippen molar-refractivity contribution in [1.29, 1.82) is 0 Å². The van der Waals surface area contributed by atoms with Gasteiger partial charge >= 0.3 is 0 Å². The number of thiophene rings is 1. The minimum Gasteiger partial charge on any atom is -0.339 e. The van der Waals surface area contributed by atoms with E-state index >= 15 is 0 Å². The Morgan fingerprint density at radius 2 is 2.03 bits per heavy atom. The number of carbonyl (C=O) groups is 1. The SMILES string of the molecule is Cc1cccc(-c2n[nH]c(=S)n2CC(=O)N2CCN(Cc3ccc(Br)s3)CC2)c1. The number of aromatic nitrogens is 3. The van der Waals surface area contributed by atoms with Crippen LogP contribution in [0.5, 0.6) is 0 Å². The summed E-state index contributed by atoms with van der Waals surface area (Å²) in [4.78, 5) is 18.6. The number of H-pyrrole nitrogens is 1. The van der Waals surface area contributed by atoms with Crippen molar-refractivity contribution in [3.05, 3.63) is 55.4 Å². The van der Waals surface area contributed by atoms with Crippen LogP contribution in [0.3, 0.4) is 0 Å². The molecule has 1 aliphatic rings. The van der Waals surface area contributed by atoms with Crippen molar-refractivity contribution in [3.8, 4) is 11.4 Å². The van der Waals surface area contributed by atoms with E-state index in [-0.39, 0.29) is 12.5 Å². The molecule has 152 valence electrons. The lowest BCUT2D eigenvalue weighted by Crippen LogP contribution is -2.49. The van der Waals surface area contributed by atoms with Gasteiger partial charge in [-0.3, -0.25) is 19.4 Å². The van der Waals surface area contributed by atoms with E-state index in [4.69, 9.17) is 12.2 Å². The molecule has 0 spiro atoms. The van der Waals surface area contributed by atoms with E-state index < -0.39 is 0 Å². The Labute approximate surface area is 187 Å². The number of nitrogens with one attached hydrogen (secondary N) is 1. The summed E-state index contributed by atoms with van der Waals surface area (Å²) in [6, 6.07) is 12.3. The molecule has 0 saturated carbocycles. The summed E-state index contributed by atoms with van der Waals surface area (Å²) in [6.07, 6.45) is 0. The molecule has 1 saturated heterocycles. The highest BCUT2D eigenvalue weighted by atomic mass is 79.9. The highest BCUT2D eigenvalue weighted by Gasteiger charge is 2.23. The van der Waals surface area contributed by atoms with Gasteiger partial charge in [-0.25, -0.2) is 0 Å². The topological polar surface area (TPSA) is 57.2 Å². The predicted molar refractivity (Wildman–Crippen MR) is 121 cm³/mol. The number of aryl methyl sites for hydroxylation is 1. The molecule has 0 aliphatic carbocycles. The molecule has 3 heterocycles. The third kappa shape index (κ3) is 4.85. The third-order valence-corrected chi connectivity index (χ3v) is 6.98. The van der Waals surface area contributed by atoms with Crippen LogP contribution >= 0.6 is 39.5 Å². The van der Waals surface area contributed by atoms with Gasteiger partial charge in [-0.1, -0.05) is 23.8 Å². The molecule has 9 heteroatoms. The van der Waals surface area contributed by atoms with Gasteiger partial charge in [0.25, 0.3) is 0 Å². The highest BCUT2D eigenvalue weighted by Crippen LogP contribution is 2.24. The van der Waals surface area contributed by atoms with Crippen molar-refractivity contribution in [1.82, 2.24) is 24.6 Å². The fourth-order valence-electron chi connectivity index (χ4n) is 3.52. The van der Waals surface area contributed by atoms with Crippen LogP contribution in [-0.2, 0) is 17.9 Å². The summed E-state index contributed by atoms with van der Waals surface area (Å²) in [5.41, 5.74) is 2.10. The zero-order chi connectivity index (χ0) is 20.4. The molecule has 0 unspecified atom stereocenters. The van der Waals surface area contributed by atoms with Crippen LogP contribution in [0, 0.1) is 11.7 Å². The molecule has 1 aromatic carbocycles. The molecule has 1 fully saturated rings. The molecule has 0 radical (unpaired) electrons. The maximum atomic E-state index is 12.9. The number of hydrogen-bond acceptors (Lipinski definition) is 5. The Morgan fingerprint density at radius 1 is 1.24 bits per heavy atom. The van der Waals surface area contributed by atoms with Gasteiger partial charge in [0.1, 0.15) is 6.54 Å². The summed E-state index contributed by atoms with van der Waals surface area (Å²) in [6.45, 7) is 6.39. The van der Waals surface area contributed by atoms with Gasteiger partial charge in [-0.15, -0.1) is 11.3 Å². The Bertz CT molecular complexity index is 1060. The molecule has 4 rings (SSSR count). The summed E-state index contributed by atoms with van der Waals surface area (Å²) < 4.78 is 3.42. The summed E-state index contributed by atoms with van der Waals surface area (Å²) in [7, 11) is 0. The second-order valence-corrected chi connectivity index (χ2v) is 10.1. The van der Waals surface area contributed by atoms with Crippen molar-refractivity contribution in [2.75, 3.05) is 26.2 Å². The first kappa shape index (κ1) is 20.5. The zero-order valence-corrected chi connectivity index (χ0v) is 19.3. The third-order valence-electron chi connectivity index (χ3n) is 5.06. The van der Waals surface area contributed by atoms with E-state index in [9.17, 15) is 4.79 Å². The van der Waals surface area contributed by atoms with E-state index in [1.807, 2.05) is 36.1 Å². The first-order valence-corrected chi connectivity index (χ1v) is 11.5. The highest BCUT2D eigenvalue weighted by molar-refractivity contribution is 9.11. The second kappa shape index (κ2) is 8.91. The van der Waals surface area contributed by atoms with Crippen LogP contribution in [0.15, 0.2) is 40.2 Å². The van der Waals surface area contributed by atoms with Crippen LogP contribution in [-0.4, -0.2) is 56.7 Å². The van der Waals surface area contributed by atoms with Crippen LogP contribution < -0.4 is 0 Å². The molecule has 1 N–H and O–H groups in total. The number of hydrogen-bond donors (Lipinski definition) is 1. The molecule has 0 atom stereocenters. The zero-order valence-electron chi connectivity index (χ0n) is 16.1. The first-order chi connectivity index (χ1) is 14.0.